The van der Waals surface area contributed by atoms with E-state index in [-0.39, 0.29) is 11.6 Å². The molecule has 0 radical (unpaired) electrons. The molecule has 0 bridgehead atoms. The van der Waals surface area contributed by atoms with Crippen LogP contribution >= 0.6 is 0 Å². The molecule has 1 aromatic heterocycles. The number of aromatic carboxylic acids is 1. The summed E-state index contributed by atoms with van der Waals surface area (Å²) in [6.45, 7) is 0. The molecular formula is C13H11NO4. The second kappa shape index (κ2) is 5.18. The molecule has 0 aliphatic carbocycles. The first kappa shape index (κ1) is 11.9. The smallest absolute Gasteiger partial charge is 0.354 e. The van der Waals surface area contributed by atoms with E-state index in [4.69, 9.17) is 14.6 Å². The van der Waals surface area contributed by atoms with Gasteiger partial charge in [-0.2, -0.15) is 0 Å². The number of ether oxygens (including phenoxy) is 2. The number of benzene rings is 1. The highest BCUT2D eigenvalue weighted by atomic mass is 16.5. The summed E-state index contributed by atoms with van der Waals surface area (Å²) in [5, 5.41) is 8.83. The molecule has 5 nitrogen and oxygen atoms in total. The number of hydrogen-bond acceptors (Lipinski definition) is 4. The first-order valence-electron chi connectivity index (χ1n) is 5.22. The highest BCUT2D eigenvalue weighted by Gasteiger charge is 2.08. The third-order valence-corrected chi connectivity index (χ3v) is 2.23. The third kappa shape index (κ3) is 2.57. The fourth-order valence-corrected chi connectivity index (χ4v) is 1.41. The van der Waals surface area contributed by atoms with Crippen LogP contribution in [0.2, 0.25) is 0 Å². The first-order valence-corrected chi connectivity index (χ1v) is 5.22. The zero-order valence-electron chi connectivity index (χ0n) is 9.66. The van der Waals surface area contributed by atoms with E-state index in [2.05, 4.69) is 4.98 Å². The lowest BCUT2D eigenvalue weighted by Gasteiger charge is -2.09. The Bertz CT molecular complexity index is 568. The number of carboxylic acids is 1. The number of methoxy groups -OCH3 is 1. The molecule has 1 heterocycles. The number of carbonyl (C=O) groups is 1. The predicted octanol–water partition coefficient (Wildman–Crippen LogP) is 2.58. The Morgan fingerprint density at radius 3 is 2.50 bits per heavy atom. The number of rotatable bonds is 4. The van der Waals surface area contributed by atoms with Crippen LogP contribution in [0.3, 0.4) is 0 Å². The zero-order valence-corrected chi connectivity index (χ0v) is 9.66. The minimum atomic E-state index is -1.10. The van der Waals surface area contributed by atoms with Crippen molar-refractivity contribution < 1.29 is 19.4 Å². The number of carboxylic acid groups (broad SMARTS) is 1. The summed E-state index contributed by atoms with van der Waals surface area (Å²) in [5.74, 6) is 0.148. The van der Waals surface area contributed by atoms with Gasteiger partial charge in [0, 0.05) is 6.07 Å². The average Bonchev–Trinajstić information content (AvgIpc) is 2.39. The van der Waals surface area contributed by atoms with Gasteiger partial charge in [-0.25, -0.2) is 9.78 Å². The second-order valence-electron chi connectivity index (χ2n) is 3.42. The number of aromatic nitrogens is 1. The van der Waals surface area contributed by atoms with Crippen LogP contribution in [0.25, 0.3) is 0 Å². The minimum absolute atomic E-state index is 0.0672. The summed E-state index contributed by atoms with van der Waals surface area (Å²) < 4.78 is 10.6. The van der Waals surface area contributed by atoms with E-state index in [1.807, 2.05) is 6.07 Å². The SMILES string of the molecule is COc1ccccc1Oc1cccc(C(=O)O)n1. The molecule has 1 aromatic carbocycles. The van der Waals surface area contributed by atoms with Gasteiger partial charge < -0.3 is 14.6 Å². The molecule has 0 aliphatic heterocycles. The number of pyridine rings is 1. The lowest BCUT2D eigenvalue weighted by Crippen LogP contribution is -2.01. The average molecular weight is 245 g/mol. The van der Waals surface area contributed by atoms with Crippen molar-refractivity contribution in [3.05, 3.63) is 48.2 Å². The van der Waals surface area contributed by atoms with Crippen LogP contribution in [0.15, 0.2) is 42.5 Å². The van der Waals surface area contributed by atoms with E-state index >= 15 is 0 Å². The number of nitrogens with zero attached hydrogens (tertiary/aromatic N) is 1. The van der Waals surface area contributed by atoms with Gasteiger partial charge in [0.1, 0.15) is 0 Å². The summed E-state index contributed by atoms with van der Waals surface area (Å²) in [6, 6.07) is 11.6. The number of hydrogen-bond donors (Lipinski definition) is 1. The topological polar surface area (TPSA) is 68.7 Å². The lowest BCUT2D eigenvalue weighted by molar-refractivity contribution is 0.0689. The van der Waals surface area contributed by atoms with Gasteiger partial charge in [-0.05, 0) is 18.2 Å². The maximum atomic E-state index is 10.8. The summed E-state index contributed by atoms with van der Waals surface area (Å²) >= 11 is 0. The van der Waals surface area contributed by atoms with Crippen molar-refractivity contribution >= 4 is 5.97 Å². The van der Waals surface area contributed by atoms with Gasteiger partial charge >= 0.3 is 5.97 Å². The Kier molecular flexibility index (Phi) is 3.43. The minimum Gasteiger partial charge on any atom is -0.493 e. The first-order chi connectivity index (χ1) is 8.70. The van der Waals surface area contributed by atoms with Crippen molar-refractivity contribution in [2.24, 2.45) is 0 Å². The van der Waals surface area contributed by atoms with Gasteiger partial charge in [-0.3, -0.25) is 0 Å². The highest BCUT2D eigenvalue weighted by molar-refractivity contribution is 5.85. The van der Waals surface area contributed by atoms with Crippen LogP contribution in [0, 0.1) is 0 Å². The molecule has 0 atom stereocenters. The Morgan fingerprint density at radius 1 is 1.11 bits per heavy atom. The van der Waals surface area contributed by atoms with Crippen LogP contribution in [-0.2, 0) is 0 Å². The standard InChI is InChI=1S/C13H11NO4/c1-17-10-6-2-3-7-11(10)18-12-8-4-5-9(14-12)13(15)16/h2-8H,1H3,(H,15,16). The molecule has 0 saturated heterocycles. The van der Waals surface area contributed by atoms with Gasteiger partial charge in [0.25, 0.3) is 0 Å². The van der Waals surface area contributed by atoms with E-state index in [1.54, 1.807) is 30.3 Å². The largest absolute Gasteiger partial charge is 0.493 e. The van der Waals surface area contributed by atoms with Crippen molar-refractivity contribution in [1.29, 1.82) is 0 Å². The van der Waals surface area contributed by atoms with Crippen LogP contribution in [0.5, 0.6) is 17.4 Å². The molecule has 2 rings (SSSR count). The molecule has 18 heavy (non-hydrogen) atoms. The van der Waals surface area contributed by atoms with Gasteiger partial charge in [0.2, 0.25) is 5.88 Å². The lowest BCUT2D eigenvalue weighted by atomic mass is 10.3. The van der Waals surface area contributed by atoms with Gasteiger partial charge in [0.15, 0.2) is 17.2 Å². The molecule has 0 fully saturated rings. The summed E-state index contributed by atoms with van der Waals surface area (Å²) in [7, 11) is 1.53. The van der Waals surface area contributed by atoms with Crippen molar-refractivity contribution in [2.45, 2.75) is 0 Å². The van der Waals surface area contributed by atoms with E-state index in [9.17, 15) is 4.79 Å². The van der Waals surface area contributed by atoms with Crippen LogP contribution in [0.1, 0.15) is 10.5 Å². The third-order valence-electron chi connectivity index (χ3n) is 2.23. The molecule has 0 spiro atoms. The van der Waals surface area contributed by atoms with Crippen molar-refractivity contribution in [3.8, 4) is 17.4 Å². The monoisotopic (exact) mass is 245 g/mol. The summed E-state index contributed by atoms with van der Waals surface area (Å²) in [6.07, 6.45) is 0. The Hall–Kier alpha value is -2.56. The highest BCUT2D eigenvalue weighted by Crippen LogP contribution is 2.29. The van der Waals surface area contributed by atoms with Crippen LogP contribution < -0.4 is 9.47 Å². The fraction of sp³-hybridized carbons (Fsp3) is 0.0769. The molecular weight excluding hydrogens is 234 g/mol. The molecule has 5 heteroatoms. The molecule has 0 amide bonds. The second-order valence-corrected chi connectivity index (χ2v) is 3.42. The predicted molar refractivity (Wildman–Crippen MR) is 64.3 cm³/mol. The normalized spacial score (nSPS) is 9.83. The quantitative estimate of drug-likeness (QED) is 0.896. The van der Waals surface area contributed by atoms with Crippen molar-refractivity contribution in [1.82, 2.24) is 4.98 Å². The summed E-state index contributed by atoms with van der Waals surface area (Å²) in [5.41, 5.74) is -0.0672. The Labute approximate surface area is 104 Å². The Morgan fingerprint density at radius 2 is 1.83 bits per heavy atom. The van der Waals surface area contributed by atoms with E-state index < -0.39 is 5.97 Å². The molecule has 0 saturated carbocycles. The molecule has 92 valence electrons. The van der Waals surface area contributed by atoms with Gasteiger partial charge in [-0.15, -0.1) is 0 Å². The van der Waals surface area contributed by atoms with Gasteiger partial charge in [-0.1, -0.05) is 18.2 Å². The van der Waals surface area contributed by atoms with E-state index in [0.717, 1.165) is 0 Å². The van der Waals surface area contributed by atoms with E-state index in [0.29, 0.717) is 11.5 Å². The maximum Gasteiger partial charge on any atom is 0.354 e. The molecule has 1 N–H and O–H groups in total. The van der Waals surface area contributed by atoms with Crippen molar-refractivity contribution in [3.63, 3.8) is 0 Å². The molecule has 0 aliphatic rings. The van der Waals surface area contributed by atoms with Gasteiger partial charge in [0.05, 0.1) is 7.11 Å². The zero-order chi connectivity index (χ0) is 13.0. The van der Waals surface area contributed by atoms with Crippen molar-refractivity contribution in [2.75, 3.05) is 7.11 Å². The summed E-state index contributed by atoms with van der Waals surface area (Å²) in [4.78, 5) is 14.7. The Balaban J connectivity index is 2.28. The van der Waals surface area contributed by atoms with E-state index in [1.165, 1.54) is 13.2 Å². The number of para-hydroxylation sites is 2. The molecule has 0 unspecified atom stereocenters. The van der Waals surface area contributed by atoms with Crippen LogP contribution in [0.4, 0.5) is 0 Å². The maximum absolute atomic E-state index is 10.8. The van der Waals surface area contributed by atoms with Crippen LogP contribution in [-0.4, -0.2) is 23.2 Å². The fourth-order valence-electron chi connectivity index (χ4n) is 1.41. The molecule has 2 aromatic rings.